The fourth-order valence-corrected chi connectivity index (χ4v) is 2.09. The molecule has 22 heavy (non-hydrogen) atoms. The average molecular weight is 296 g/mol. The normalized spacial score (nSPS) is 13.1. The predicted molar refractivity (Wildman–Crippen MR) is 86.2 cm³/mol. The van der Waals surface area contributed by atoms with Crippen molar-refractivity contribution in [2.75, 3.05) is 6.61 Å². The van der Waals surface area contributed by atoms with Crippen molar-refractivity contribution in [1.29, 1.82) is 0 Å². The smallest absolute Gasteiger partial charge is 0.343 e. The van der Waals surface area contributed by atoms with Crippen LogP contribution in [0.2, 0.25) is 0 Å². The lowest BCUT2D eigenvalue weighted by Gasteiger charge is -2.28. The van der Waals surface area contributed by atoms with Crippen LogP contribution in [0.5, 0.6) is 0 Å². The van der Waals surface area contributed by atoms with Crippen molar-refractivity contribution < 1.29 is 14.3 Å². The molecular weight excluding hydrogens is 276 g/mol. The zero-order valence-electron chi connectivity index (χ0n) is 12.7. The van der Waals surface area contributed by atoms with E-state index in [0.717, 1.165) is 11.1 Å². The van der Waals surface area contributed by atoms with Crippen molar-refractivity contribution in [3.63, 3.8) is 0 Å². The van der Waals surface area contributed by atoms with Gasteiger partial charge in [-0.3, -0.25) is 0 Å². The largest absolute Gasteiger partial charge is 0.459 e. The van der Waals surface area contributed by atoms with Crippen LogP contribution in [0.15, 0.2) is 73.3 Å². The van der Waals surface area contributed by atoms with Gasteiger partial charge in [0.05, 0.1) is 6.61 Å². The lowest BCUT2D eigenvalue weighted by Crippen LogP contribution is -2.37. The molecule has 2 aromatic rings. The highest BCUT2D eigenvalue weighted by molar-refractivity contribution is 5.81. The number of carbonyl (C=O) groups excluding carboxylic acids is 1. The van der Waals surface area contributed by atoms with Gasteiger partial charge in [-0.1, -0.05) is 73.3 Å². The van der Waals surface area contributed by atoms with Crippen LogP contribution in [0.4, 0.5) is 0 Å². The van der Waals surface area contributed by atoms with Gasteiger partial charge in [-0.05, 0) is 18.1 Å². The molecule has 0 bridgehead atoms. The van der Waals surface area contributed by atoms with Crippen molar-refractivity contribution in [3.05, 3.63) is 84.4 Å². The van der Waals surface area contributed by atoms with E-state index in [0.29, 0.717) is 6.61 Å². The van der Waals surface area contributed by atoms with Gasteiger partial charge < -0.3 is 9.47 Å². The minimum absolute atomic E-state index is 0.163. The first-order valence-corrected chi connectivity index (χ1v) is 7.18. The maximum atomic E-state index is 12.5. The molecule has 0 spiro atoms. The van der Waals surface area contributed by atoms with E-state index in [1.165, 1.54) is 0 Å². The Labute approximate surface area is 131 Å². The molecule has 0 saturated heterocycles. The molecule has 1 atom stereocenters. The van der Waals surface area contributed by atoms with Crippen LogP contribution >= 0.6 is 0 Å². The van der Waals surface area contributed by atoms with Crippen LogP contribution in [0.3, 0.4) is 0 Å². The summed E-state index contributed by atoms with van der Waals surface area (Å²) in [6.45, 7) is 5.79. The number of hydrogen-bond acceptors (Lipinski definition) is 3. The van der Waals surface area contributed by atoms with Crippen LogP contribution in [0.1, 0.15) is 18.1 Å². The molecule has 3 heteroatoms. The Bertz CT molecular complexity index is 607. The van der Waals surface area contributed by atoms with Gasteiger partial charge in [0.2, 0.25) is 0 Å². The summed E-state index contributed by atoms with van der Waals surface area (Å²) in [4.78, 5) is 12.5. The second-order valence-corrected chi connectivity index (χ2v) is 5.06. The highest BCUT2D eigenvalue weighted by atomic mass is 16.6. The van der Waals surface area contributed by atoms with Crippen LogP contribution in [0, 0.1) is 0 Å². The molecule has 0 aliphatic rings. The quantitative estimate of drug-likeness (QED) is 0.575. The van der Waals surface area contributed by atoms with Crippen molar-refractivity contribution >= 4 is 5.97 Å². The Balaban J connectivity index is 2.21. The van der Waals surface area contributed by atoms with Gasteiger partial charge in [-0.2, -0.15) is 0 Å². The molecule has 0 heterocycles. The molecule has 0 saturated carbocycles. The lowest BCUT2D eigenvalue weighted by molar-refractivity contribution is -0.172. The molecule has 0 radical (unpaired) electrons. The van der Waals surface area contributed by atoms with E-state index in [1.54, 1.807) is 13.0 Å². The van der Waals surface area contributed by atoms with Gasteiger partial charge >= 0.3 is 5.97 Å². The molecule has 0 aliphatic carbocycles. The molecule has 2 aromatic carbocycles. The molecule has 0 aromatic heterocycles. The summed E-state index contributed by atoms with van der Waals surface area (Å²) in [6.07, 6.45) is 1.54. The summed E-state index contributed by atoms with van der Waals surface area (Å²) in [5, 5.41) is 0. The molecule has 0 fully saturated rings. The van der Waals surface area contributed by atoms with Crippen LogP contribution in [-0.4, -0.2) is 12.6 Å². The minimum Gasteiger partial charge on any atom is -0.459 e. The Morgan fingerprint density at radius 1 is 1.09 bits per heavy atom. The van der Waals surface area contributed by atoms with E-state index >= 15 is 0 Å². The van der Waals surface area contributed by atoms with E-state index in [9.17, 15) is 4.79 Å². The third-order valence-corrected chi connectivity index (χ3v) is 3.42. The maximum Gasteiger partial charge on any atom is 0.343 e. The van der Waals surface area contributed by atoms with E-state index < -0.39 is 11.6 Å². The molecule has 0 aliphatic heterocycles. The van der Waals surface area contributed by atoms with Gasteiger partial charge in [-0.15, -0.1) is 0 Å². The van der Waals surface area contributed by atoms with Crippen molar-refractivity contribution in [1.82, 2.24) is 0 Å². The summed E-state index contributed by atoms with van der Waals surface area (Å²) in [7, 11) is 0. The summed E-state index contributed by atoms with van der Waals surface area (Å²) in [5.74, 6) is -0.422. The first-order valence-electron chi connectivity index (χ1n) is 7.18. The average Bonchev–Trinajstić information content (AvgIpc) is 2.59. The first kappa shape index (κ1) is 16.0. The molecule has 114 valence electrons. The van der Waals surface area contributed by atoms with Gasteiger partial charge in [0.25, 0.3) is 0 Å². The van der Waals surface area contributed by atoms with Gasteiger partial charge in [0.15, 0.2) is 5.60 Å². The highest BCUT2D eigenvalue weighted by Gasteiger charge is 2.38. The summed E-state index contributed by atoms with van der Waals surface area (Å²) < 4.78 is 11.2. The molecule has 2 rings (SSSR count). The number of hydrogen-bond donors (Lipinski definition) is 0. The molecule has 3 nitrogen and oxygen atoms in total. The van der Waals surface area contributed by atoms with Crippen LogP contribution in [0.25, 0.3) is 0 Å². The Morgan fingerprint density at radius 3 is 2.27 bits per heavy atom. The first-order chi connectivity index (χ1) is 10.7. The Hall–Kier alpha value is -2.39. The molecular formula is C19H20O3. The van der Waals surface area contributed by atoms with E-state index in [4.69, 9.17) is 9.47 Å². The second kappa shape index (κ2) is 7.57. The molecule has 0 amide bonds. The molecule has 1 unspecified atom stereocenters. The van der Waals surface area contributed by atoms with E-state index in [2.05, 4.69) is 6.58 Å². The number of carbonyl (C=O) groups is 1. The minimum atomic E-state index is -1.15. The van der Waals surface area contributed by atoms with Gasteiger partial charge in [0.1, 0.15) is 6.61 Å². The van der Waals surface area contributed by atoms with Crippen molar-refractivity contribution in [2.24, 2.45) is 0 Å². The Kier molecular flexibility index (Phi) is 5.50. The fraction of sp³-hybridized carbons (Fsp3) is 0.211. The fourth-order valence-electron chi connectivity index (χ4n) is 2.09. The summed E-state index contributed by atoms with van der Waals surface area (Å²) in [6, 6.07) is 19.1. The third-order valence-electron chi connectivity index (χ3n) is 3.42. The van der Waals surface area contributed by atoms with Crippen LogP contribution in [-0.2, 0) is 26.5 Å². The number of esters is 1. The zero-order chi connectivity index (χ0) is 15.8. The Morgan fingerprint density at radius 2 is 1.68 bits per heavy atom. The second-order valence-electron chi connectivity index (χ2n) is 5.06. The molecule has 0 N–H and O–H groups in total. The van der Waals surface area contributed by atoms with Crippen molar-refractivity contribution in [2.45, 2.75) is 19.1 Å². The number of benzene rings is 2. The SMILES string of the molecule is C=CCOC(=O)C(C)(OCc1ccccc1)c1ccccc1. The topological polar surface area (TPSA) is 35.5 Å². The van der Waals surface area contributed by atoms with Gasteiger partial charge in [0, 0.05) is 0 Å². The predicted octanol–water partition coefficient (Wildman–Crippen LogP) is 3.85. The summed E-state index contributed by atoms with van der Waals surface area (Å²) >= 11 is 0. The highest BCUT2D eigenvalue weighted by Crippen LogP contribution is 2.28. The third kappa shape index (κ3) is 3.83. The number of ether oxygens (including phenoxy) is 2. The lowest BCUT2D eigenvalue weighted by atomic mass is 9.95. The summed E-state index contributed by atoms with van der Waals surface area (Å²) in [5.41, 5.74) is 0.612. The van der Waals surface area contributed by atoms with Crippen LogP contribution < -0.4 is 0 Å². The monoisotopic (exact) mass is 296 g/mol. The maximum absolute atomic E-state index is 12.5. The van der Waals surface area contributed by atoms with E-state index in [-0.39, 0.29) is 6.61 Å². The van der Waals surface area contributed by atoms with E-state index in [1.807, 2.05) is 60.7 Å². The zero-order valence-corrected chi connectivity index (χ0v) is 12.7. The van der Waals surface area contributed by atoms with Crippen molar-refractivity contribution in [3.8, 4) is 0 Å². The standard InChI is InChI=1S/C19H20O3/c1-3-14-21-18(20)19(2,17-12-8-5-9-13-17)22-15-16-10-6-4-7-11-16/h3-13H,1,14-15H2,2H3. The number of rotatable bonds is 7. The van der Waals surface area contributed by atoms with Gasteiger partial charge in [-0.25, -0.2) is 4.79 Å².